The van der Waals surface area contributed by atoms with Gasteiger partial charge in [-0.15, -0.1) is 0 Å². The molecule has 0 saturated heterocycles. The van der Waals surface area contributed by atoms with Crippen molar-refractivity contribution in [3.05, 3.63) is 24.3 Å². The number of hydrogen-bond acceptors (Lipinski definition) is 3. The van der Waals surface area contributed by atoms with Crippen LogP contribution in [-0.4, -0.2) is 27.2 Å². The van der Waals surface area contributed by atoms with Gasteiger partial charge < -0.3 is 15.4 Å². The van der Waals surface area contributed by atoms with Gasteiger partial charge in [0.25, 0.3) is 0 Å². The van der Waals surface area contributed by atoms with Gasteiger partial charge in [0.1, 0.15) is 5.75 Å². The van der Waals surface area contributed by atoms with Crippen molar-refractivity contribution in [3.8, 4) is 5.75 Å². The Morgan fingerprint density at radius 2 is 2.00 bits per heavy atom. The first kappa shape index (κ1) is 14.8. The van der Waals surface area contributed by atoms with Crippen molar-refractivity contribution in [1.82, 2.24) is 0 Å². The summed E-state index contributed by atoms with van der Waals surface area (Å²) in [6.45, 7) is 6.11. The molecule has 0 amide bonds. The van der Waals surface area contributed by atoms with Crippen LogP contribution in [0.5, 0.6) is 5.75 Å². The van der Waals surface area contributed by atoms with Gasteiger partial charge in [0.2, 0.25) is 0 Å². The Hall–Kier alpha value is -1.22. The molecule has 0 saturated carbocycles. The van der Waals surface area contributed by atoms with E-state index in [-0.39, 0.29) is 5.41 Å². The molecule has 0 radical (unpaired) electrons. The maximum absolute atomic E-state index is 5.93. The van der Waals surface area contributed by atoms with E-state index in [4.69, 9.17) is 10.5 Å². The number of rotatable bonds is 7. The first-order valence-electron chi connectivity index (χ1n) is 6.60. The fraction of sp³-hybridized carbons (Fsp3) is 0.600. The third kappa shape index (κ3) is 3.64. The molecule has 0 aliphatic heterocycles. The summed E-state index contributed by atoms with van der Waals surface area (Å²) in [4.78, 5) is 2.24. The summed E-state index contributed by atoms with van der Waals surface area (Å²) in [6.07, 6.45) is 2.30. The number of nitrogens with zero attached hydrogens (tertiary/aromatic N) is 1. The van der Waals surface area contributed by atoms with Gasteiger partial charge in [-0.2, -0.15) is 0 Å². The molecule has 0 spiro atoms. The van der Waals surface area contributed by atoms with Crippen LogP contribution in [0.4, 0.5) is 5.69 Å². The van der Waals surface area contributed by atoms with Crippen LogP contribution in [0.2, 0.25) is 0 Å². The fourth-order valence-electron chi connectivity index (χ4n) is 2.45. The zero-order chi connectivity index (χ0) is 13.6. The van der Waals surface area contributed by atoms with Crippen molar-refractivity contribution < 1.29 is 4.74 Å². The summed E-state index contributed by atoms with van der Waals surface area (Å²) >= 11 is 0. The Kier molecular flexibility index (Phi) is 5.48. The minimum atomic E-state index is 0.157. The number of ether oxygens (including phenoxy) is 1. The average molecular weight is 250 g/mol. The molecule has 0 aromatic heterocycles. The van der Waals surface area contributed by atoms with Crippen LogP contribution in [-0.2, 0) is 0 Å². The Morgan fingerprint density at radius 1 is 1.33 bits per heavy atom. The molecule has 1 rings (SSSR count). The number of methoxy groups -OCH3 is 1. The highest BCUT2D eigenvalue weighted by Crippen LogP contribution is 2.30. The van der Waals surface area contributed by atoms with Crippen molar-refractivity contribution in [3.63, 3.8) is 0 Å². The number of para-hydroxylation sites is 2. The van der Waals surface area contributed by atoms with E-state index in [1.54, 1.807) is 7.11 Å². The van der Waals surface area contributed by atoms with Crippen LogP contribution >= 0.6 is 0 Å². The normalized spacial score (nSPS) is 14.1. The van der Waals surface area contributed by atoms with Crippen LogP contribution in [0.1, 0.15) is 26.7 Å². The van der Waals surface area contributed by atoms with Crippen LogP contribution in [0, 0.1) is 5.41 Å². The number of anilines is 1. The molecule has 3 nitrogen and oxygen atoms in total. The number of nitrogens with two attached hydrogens (primary N) is 1. The van der Waals surface area contributed by atoms with Gasteiger partial charge >= 0.3 is 0 Å². The van der Waals surface area contributed by atoms with E-state index in [9.17, 15) is 0 Å². The predicted octanol–water partition coefficient (Wildman–Crippen LogP) is 2.90. The van der Waals surface area contributed by atoms with Crippen molar-refractivity contribution in [2.45, 2.75) is 26.7 Å². The van der Waals surface area contributed by atoms with E-state index in [1.807, 2.05) is 18.2 Å². The smallest absolute Gasteiger partial charge is 0.142 e. The highest BCUT2D eigenvalue weighted by atomic mass is 16.5. The van der Waals surface area contributed by atoms with Gasteiger partial charge in [0.05, 0.1) is 12.8 Å². The molecule has 0 aliphatic carbocycles. The Morgan fingerprint density at radius 3 is 2.56 bits per heavy atom. The predicted molar refractivity (Wildman–Crippen MR) is 78.3 cm³/mol. The van der Waals surface area contributed by atoms with Gasteiger partial charge in [-0.1, -0.05) is 32.4 Å². The van der Waals surface area contributed by atoms with Crippen molar-refractivity contribution >= 4 is 5.69 Å². The molecule has 102 valence electrons. The van der Waals surface area contributed by atoms with Crippen LogP contribution < -0.4 is 15.4 Å². The van der Waals surface area contributed by atoms with Crippen molar-refractivity contribution in [2.75, 3.05) is 32.1 Å². The van der Waals surface area contributed by atoms with Crippen LogP contribution in [0.25, 0.3) is 0 Å². The topological polar surface area (TPSA) is 38.5 Å². The maximum Gasteiger partial charge on any atom is 0.142 e. The molecule has 0 fully saturated rings. The second kappa shape index (κ2) is 6.64. The molecule has 1 unspecified atom stereocenters. The molecule has 0 aliphatic rings. The molecule has 2 N–H and O–H groups in total. The minimum Gasteiger partial charge on any atom is -0.495 e. The second-order valence-electron chi connectivity index (χ2n) is 5.29. The minimum absolute atomic E-state index is 0.157. The Balaban J connectivity index is 2.83. The SMILES string of the molecule is CCCC(C)(CN)CN(C)c1ccccc1OC. The average Bonchev–Trinajstić information content (AvgIpc) is 2.38. The first-order valence-corrected chi connectivity index (χ1v) is 6.60. The second-order valence-corrected chi connectivity index (χ2v) is 5.29. The van der Waals surface area contributed by atoms with Gasteiger partial charge in [0, 0.05) is 13.6 Å². The van der Waals surface area contributed by atoms with E-state index in [0.29, 0.717) is 6.54 Å². The van der Waals surface area contributed by atoms with Gasteiger partial charge in [-0.3, -0.25) is 0 Å². The lowest BCUT2D eigenvalue weighted by atomic mass is 9.85. The molecule has 0 bridgehead atoms. The third-order valence-electron chi connectivity index (χ3n) is 3.46. The zero-order valence-corrected chi connectivity index (χ0v) is 12.1. The van der Waals surface area contributed by atoms with Gasteiger partial charge in [-0.25, -0.2) is 0 Å². The largest absolute Gasteiger partial charge is 0.495 e. The summed E-state index contributed by atoms with van der Waals surface area (Å²) in [5.41, 5.74) is 7.21. The lowest BCUT2D eigenvalue weighted by Crippen LogP contribution is -2.39. The summed E-state index contributed by atoms with van der Waals surface area (Å²) in [7, 11) is 3.81. The van der Waals surface area contributed by atoms with Gasteiger partial charge in [-0.05, 0) is 30.5 Å². The van der Waals surface area contributed by atoms with E-state index >= 15 is 0 Å². The molecule has 0 heterocycles. The van der Waals surface area contributed by atoms with E-state index in [0.717, 1.165) is 30.8 Å². The highest BCUT2D eigenvalue weighted by molar-refractivity contribution is 5.57. The Bertz CT molecular complexity index is 367. The van der Waals surface area contributed by atoms with Crippen molar-refractivity contribution in [1.29, 1.82) is 0 Å². The number of hydrogen-bond donors (Lipinski definition) is 1. The molecule has 3 heteroatoms. The lowest BCUT2D eigenvalue weighted by molar-refractivity contribution is 0.310. The zero-order valence-electron chi connectivity index (χ0n) is 12.1. The standard InChI is InChI=1S/C15H26N2O/c1-5-10-15(2,11-16)12-17(3)13-8-6-7-9-14(13)18-4/h6-9H,5,10-12,16H2,1-4H3. The molecular formula is C15H26N2O. The van der Waals surface area contributed by atoms with Crippen LogP contribution in [0.3, 0.4) is 0 Å². The molecule has 1 aromatic carbocycles. The van der Waals surface area contributed by atoms with Crippen LogP contribution in [0.15, 0.2) is 24.3 Å². The monoisotopic (exact) mass is 250 g/mol. The summed E-state index contributed by atoms with van der Waals surface area (Å²) < 4.78 is 5.40. The molecular weight excluding hydrogens is 224 g/mol. The quantitative estimate of drug-likeness (QED) is 0.808. The Labute approximate surface area is 111 Å². The molecule has 1 aromatic rings. The lowest BCUT2D eigenvalue weighted by Gasteiger charge is -2.34. The third-order valence-corrected chi connectivity index (χ3v) is 3.46. The first-order chi connectivity index (χ1) is 8.56. The van der Waals surface area contributed by atoms with E-state index in [1.165, 1.54) is 0 Å². The summed E-state index contributed by atoms with van der Waals surface area (Å²) in [5, 5.41) is 0. The summed E-state index contributed by atoms with van der Waals surface area (Å²) in [5.74, 6) is 0.913. The number of benzene rings is 1. The van der Waals surface area contributed by atoms with E-state index in [2.05, 4.69) is 31.9 Å². The van der Waals surface area contributed by atoms with Gasteiger partial charge in [0.15, 0.2) is 0 Å². The van der Waals surface area contributed by atoms with E-state index < -0.39 is 0 Å². The molecule has 1 atom stereocenters. The fourth-order valence-corrected chi connectivity index (χ4v) is 2.45. The van der Waals surface area contributed by atoms with Crippen molar-refractivity contribution in [2.24, 2.45) is 11.1 Å². The highest BCUT2D eigenvalue weighted by Gasteiger charge is 2.24. The maximum atomic E-state index is 5.93. The molecule has 18 heavy (non-hydrogen) atoms. The summed E-state index contributed by atoms with van der Waals surface area (Å²) in [6, 6.07) is 8.10.